The van der Waals surface area contributed by atoms with E-state index in [9.17, 15) is 0 Å². The largest absolute Gasteiger partial charge is 0.491 e. The molecule has 2 N–H and O–H groups in total. The normalized spacial score (nSPS) is 10.6. The summed E-state index contributed by atoms with van der Waals surface area (Å²) in [5.41, 5.74) is 9.22. The molecule has 1 aromatic carbocycles. The number of fused-ring (bicyclic) bond motifs is 1. The molecule has 0 unspecified atom stereocenters. The predicted molar refractivity (Wildman–Crippen MR) is 59.8 cm³/mol. The van der Waals surface area contributed by atoms with Crippen LogP contribution in [-0.4, -0.2) is 11.6 Å². The number of ether oxygens (including phenoxy) is 1. The van der Waals surface area contributed by atoms with Crippen molar-refractivity contribution in [1.29, 1.82) is 0 Å². The van der Waals surface area contributed by atoms with Crippen LogP contribution in [0.4, 0.5) is 5.69 Å². The van der Waals surface area contributed by atoms with Crippen molar-refractivity contribution in [1.82, 2.24) is 4.98 Å². The Kier molecular flexibility index (Phi) is 2.54. The fourth-order valence-corrected chi connectivity index (χ4v) is 1.96. The van der Waals surface area contributed by atoms with Crippen LogP contribution >= 0.6 is 11.3 Å². The Morgan fingerprint density at radius 1 is 1.50 bits per heavy atom. The van der Waals surface area contributed by atoms with Gasteiger partial charge in [-0.2, -0.15) is 0 Å². The molecule has 0 aliphatic carbocycles. The Morgan fingerprint density at radius 3 is 3.14 bits per heavy atom. The lowest BCUT2D eigenvalue weighted by atomic mass is 10.2. The Balaban J connectivity index is 2.40. The van der Waals surface area contributed by atoms with Gasteiger partial charge in [-0.05, 0) is 18.6 Å². The zero-order valence-corrected chi connectivity index (χ0v) is 8.80. The van der Waals surface area contributed by atoms with E-state index in [0.29, 0.717) is 12.3 Å². The van der Waals surface area contributed by atoms with Crippen molar-refractivity contribution in [2.45, 2.75) is 13.3 Å². The summed E-state index contributed by atoms with van der Waals surface area (Å²) in [6.45, 7) is 2.76. The van der Waals surface area contributed by atoms with Gasteiger partial charge in [-0.1, -0.05) is 6.92 Å². The Morgan fingerprint density at radius 2 is 2.36 bits per heavy atom. The van der Waals surface area contributed by atoms with Gasteiger partial charge < -0.3 is 10.5 Å². The van der Waals surface area contributed by atoms with Gasteiger partial charge in [0.15, 0.2) is 0 Å². The fourth-order valence-electron chi connectivity index (χ4n) is 1.27. The molecular formula is C10H12N2OS. The zero-order valence-electron chi connectivity index (χ0n) is 7.99. The molecule has 1 aromatic heterocycles. The van der Waals surface area contributed by atoms with Gasteiger partial charge in [-0.15, -0.1) is 11.3 Å². The van der Waals surface area contributed by atoms with E-state index in [-0.39, 0.29) is 0 Å². The highest BCUT2D eigenvalue weighted by Crippen LogP contribution is 2.31. The summed E-state index contributed by atoms with van der Waals surface area (Å²) >= 11 is 1.59. The van der Waals surface area contributed by atoms with Crippen molar-refractivity contribution in [2.75, 3.05) is 12.3 Å². The van der Waals surface area contributed by atoms with Crippen LogP contribution in [0.1, 0.15) is 13.3 Å². The highest BCUT2D eigenvalue weighted by Gasteiger charge is 2.06. The highest BCUT2D eigenvalue weighted by atomic mass is 32.1. The quantitative estimate of drug-likeness (QED) is 0.789. The molecule has 0 spiro atoms. The second-order valence-electron chi connectivity index (χ2n) is 3.02. The molecule has 0 saturated heterocycles. The fraction of sp³-hybridized carbons (Fsp3) is 0.300. The maximum absolute atomic E-state index is 5.92. The Labute approximate surface area is 86.5 Å². The van der Waals surface area contributed by atoms with Crippen LogP contribution in [0.15, 0.2) is 17.6 Å². The molecule has 2 aromatic rings. The average Bonchev–Trinajstić information content (AvgIpc) is 2.66. The number of benzene rings is 1. The predicted octanol–water partition coefficient (Wildman–Crippen LogP) is 2.67. The van der Waals surface area contributed by atoms with Gasteiger partial charge in [0.05, 0.1) is 16.8 Å². The third-order valence-electron chi connectivity index (χ3n) is 1.96. The molecule has 0 aliphatic heterocycles. The monoisotopic (exact) mass is 208 g/mol. The van der Waals surface area contributed by atoms with Gasteiger partial charge >= 0.3 is 0 Å². The minimum Gasteiger partial charge on any atom is -0.491 e. The highest BCUT2D eigenvalue weighted by molar-refractivity contribution is 7.16. The number of nitrogen functional groups attached to an aromatic ring is 1. The third kappa shape index (κ3) is 1.53. The number of aromatic nitrogens is 1. The summed E-state index contributed by atoms with van der Waals surface area (Å²) in [6.07, 6.45) is 0.981. The van der Waals surface area contributed by atoms with Gasteiger partial charge in [0, 0.05) is 0 Å². The summed E-state index contributed by atoms with van der Waals surface area (Å²) < 4.78 is 6.61. The smallest absolute Gasteiger partial charge is 0.144 e. The SMILES string of the molecule is CCCOc1ccc2scnc2c1N. The van der Waals surface area contributed by atoms with Gasteiger partial charge in [0.1, 0.15) is 17.0 Å². The minimum absolute atomic E-state index is 0.650. The molecule has 0 saturated carbocycles. The van der Waals surface area contributed by atoms with Crippen molar-refractivity contribution in [3.63, 3.8) is 0 Å². The van der Waals surface area contributed by atoms with E-state index in [1.54, 1.807) is 16.8 Å². The molecule has 0 atom stereocenters. The molecule has 0 radical (unpaired) electrons. The van der Waals surface area contributed by atoms with Crippen LogP contribution in [0.5, 0.6) is 5.75 Å². The number of hydrogen-bond donors (Lipinski definition) is 1. The van der Waals surface area contributed by atoms with Crippen molar-refractivity contribution < 1.29 is 4.74 Å². The molecule has 0 amide bonds. The van der Waals surface area contributed by atoms with Crippen LogP contribution in [-0.2, 0) is 0 Å². The first kappa shape index (κ1) is 9.27. The minimum atomic E-state index is 0.650. The van der Waals surface area contributed by atoms with Crippen molar-refractivity contribution in [3.8, 4) is 5.75 Å². The van der Waals surface area contributed by atoms with Crippen molar-refractivity contribution in [2.24, 2.45) is 0 Å². The Bertz CT molecular complexity index is 439. The lowest BCUT2D eigenvalue weighted by Crippen LogP contribution is -1.99. The van der Waals surface area contributed by atoms with Crippen LogP contribution < -0.4 is 10.5 Å². The molecule has 0 bridgehead atoms. The van der Waals surface area contributed by atoms with Crippen molar-refractivity contribution >= 4 is 27.2 Å². The van der Waals surface area contributed by atoms with Gasteiger partial charge in [-0.25, -0.2) is 4.98 Å². The second kappa shape index (κ2) is 3.84. The van der Waals surface area contributed by atoms with E-state index in [1.807, 2.05) is 12.1 Å². The van der Waals surface area contributed by atoms with Crippen molar-refractivity contribution in [3.05, 3.63) is 17.6 Å². The first-order chi connectivity index (χ1) is 6.83. The van der Waals surface area contributed by atoms with E-state index in [2.05, 4.69) is 11.9 Å². The van der Waals surface area contributed by atoms with E-state index in [0.717, 1.165) is 22.4 Å². The number of rotatable bonds is 3. The van der Waals surface area contributed by atoms with E-state index in [1.165, 1.54) is 0 Å². The number of anilines is 1. The summed E-state index contributed by atoms with van der Waals surface area (Å²) in [7, 11) is 0. The molecule has 4 heteroatoms. The van der Waals surface area contributed by atoms with Crippen LogP contribution in [0.2, 0.25) is 0 Å². The molecular weight excluding hydrogens is 196 g/mol. The Hall–Kier alpha value is -1.29. The van der Waals surface area contributed by atoms with Gasteiger partial charge in [0.25, 0.3) is 0 Å². The van der Waals surface area contributed by atoms with E-state index < -0.39 is 0 Å². The first-order valence-corrected chi connectivity index (χ1v) is 5.45. The molecule has 2 rings (SSSR count). The van der Waals surface area contributed by atoms with Crippen LogP contribution in [0, 0.1) is 0 Å². The second-order valence-corrected chi connectivity index (χ2v) is 3.91. The number of nitrogens with zero attached hydrogens (tertiary/aromatic N) is 1. The standard InChI is InChI=1S/C10H12N2OS/c1-2-5-13-7-3-4-8-10(9(7)11)12-6-14-8/h3-4,6H,2,5,11H2,1H3. The number of nitrogens with two attached hydrogens (primary N) is 1. The maximum Gasteiger partial charge on any atom is 0.144 e. The van der Waals surface area contributed by atoms with Gasteiger partial charge in [-0.3, -0.25) is 0 Å². The summed E-state index contributed by atoms with van der Waals surface area (Å²) in [5.74, 6) is 0.741. The van der Waals surface area contributed by atoms with Gasteiger partial charge in [0.2, 0.25) is 0 Å². The lowest BCUT2D eigenvalue weighted by molar-refractivity contribution is 0.319. The van der Waals surface area contributed by atoms with E-state index in [4.69, 9.17) is 10.5 Å². The summed E-state index contributed by atoms with van der Waals surface area (Å²) in [6, 6.07) is 3.90. The molecule has 0 fully saturated rings. The third-order valence-corrected chi connectivity index (χ3v) is 2.76. The first-order valence-electron chi connectivity index (χ1n) is 4.57. The maximum atomic E-state index is 5.92. The molecule has 3 nitrogen and oxygen atoms in total. The van der Waals surface area contributed by atoms with Crippen LogP contribution in [0.25, 0.3) is 10.2 Å². The topological polar surface area (TPSA) is 48.1 Å². The molecule has 1 heterocycles. The summed E-state index contributed by atoms with van der Waals surface area (Å²) in [5, 5.41) is 0. The zero-order chi connectivity index (χ0) is 9.97. The number of thiazole rings is 1. The average molecular weight is 208 g/mol. The number of hydrogen-bond acceptors (Lipinski definition) is 4. The lowest BCUT2D eigenvalue weighted by Gasteiger charge is -2.07. The van der Waals surface area contributed by atoms with Crippen LogP contribution in [0.3, 0.4) is 0 Å². The molecule has 14 heavy (non-hydrogen) atoms. The van der Waals surface area contributed by atoms with E-state index >= 15 is 0 Å². The molecule has 0 aliphatic rings. The molecule has 74 valence electrons. The summed E-state index contributed by atoms with van der Waals surface area (Å²) in [4.78, 5) is 4.20.